The molecule has 0 saturated heterocycles. The van der Waals surface area contributed by atoms with Gasteiger partial charge in [0.25, 0.3) is 6.43 Å². The number of pyridine rings is 1. The third-order valence-corrected chi connectivity index (χ3v) is 3.29. The first-order chi connectivity index (χ1) is 7.18. The van der Waals surface area contributed by atoms with Crippen LogP contribution in [-0.4, -0.2) is 4.98 Å². The smallest absolute Gasteiger partial charge is 0.265 e. The summed E-state index contributed by atoms with van der Waals surface area (Å²) in [4.78, 5) is 4.03. The van der Waals surface area contributed by atoms with Gasteiger partial charge in [-0.1, -0.05) is 0 Å². The summed E-state index contributed by atoms with van der Waals surface area (Å²) in [5, 5.41) is 4.58. The van der Waals surface area contributed by atoms with E-state index < -0.39 is 6.43 Å². The zero-order valence-corrected chi connectivity index (χ0v) is 9.86. The second-order valence-corrected chi connectivity index (χ2v) is 4.85. The van der Waals surface area contributed by atoms with Crippen molar-refractivity contribution in [2.24, 2.45) is 0 Å². The summed E-state index contributed by atoms with van der Waals surface area (Å²) in [6, 6.07) is 1.41. The summed E-state index contributed by atoms with van der Waals surface area (Å²) < 4.78 is 26.1. The molecule has 2 rings (SSSR count). The van der Waals surface area contributed by atoms with E-state index in [0.29, 0.717) is 10.2 Å². The number of thioether (sulfide) groups is 1. The molecule has 0 saturated carbocycles. The van der Waals surface area contributed by atoms with Crippen LogP contribution in [0.3, 0.4) is 0 Å². The molecule has 1 unspecified atom stereocenters. The number of nitrogens with one attached hydrogen (secondary N) is 1. The second kappa shape index (κ2) is 4.49. The molecule has 1 atom stereocenters. The second-order valence-electron chi connectivity index (χ2n) is 2.91. The van der Waals surface area contributed by atoms with Gasteiger partial charge in [-0.3, -0.25) is 4.98 Å². The van der Waals surface area contributed by atoms with E-state index in [1.54, 1.807) is 6.20 Å². The molecule has 1 N–H and O–H groups in total. The lowest BCUT2D eigenvalue weighted by Crippen LogP contribution is -2.12. The van der Waals surface area contributed by atoms with Gasteiger partial charge in [-0.15, -0.1) is 11.8 Å². The van der Waals surface area contributed by atoms with Crippen LogP contribution in [-0.2, 0) is 0 Å². The number of hydrogen-bond acceptors (Lipinski definition) is 3. The normalized spacial score (nSPS) is 19.6. The summed E-state index contributed by atoms with van der Waals surface area (Å²) in [5.74, 6) is 0. The highest BCUT2D eigenvalue weighted by atomic mass is 79.9. The SMILES string of the molecule is FC(F)c1cc(Br)cnc1C1NC=CS1. The van der Waals surface area contributed by atoms with Crippen molar-refractivity contribution in [3.63, 3.8) is 0 Å². The van der Waals surface area contributed by atoms with Crippen LogP contribution < -0.4 is 5.32 Å². The molecule has 15 heavy (non-hydrogen) atoms. The summed E-state index contributed by atoms with van der Waals surface area (Å²) in [6.45, 7) is 0. The molecule has 1 aliphatic heterocycles. The molecule has 1 aromatic rings. The predicted octanol–water partition coefficient (Wildman–Crippen LogP) is 3.59. The van der Waals surface area contributed by atoms with Gasteiger partial charge in [0, 0.05) is 22.4 Å². The van der Waals surface area contributed by atoms with Gasteiger partial charge in [0.05, 0.1) is 5.69 Å². The fraction of sp³-hybridized carbons (Fsp3) is 0.222. The van der Waals surface area contributed by atoms with Crippen LogP contribution in [0.1, 0.15) is 23.1 Å². The molecule has 0 fully saturated rings. The highest BCUT2D eigenvalue weighted by Crippen LogP contribution is 2.36. The van der Waals surface area contributed by atoms with Gasteiger partial charge in [-0.2, -0.15) is 0 Å². The van der Waals surface area contributed by atoms with Gasteiger partial charge in [0.1, 0.15) is 5.37 Å². The molecule has 0 bridgehead atoms. The quantitative estimate of drug-likeness (QED) is 0.902. The summed E-state index contributed by atoms with van der Waals surface area (Å²) in [6.07, 6.45) is 0.754. The Kier molecular flexibility index (Phi) is 3.25. The van der Waals surface area contributed by atoms with Crippen molar-refractivity contribution in [2.75, 3.05) is 0 Å². The maximum Gasteiger partial charge on any atom is 0.265 e. The average molecular weight is 293 g/mol. The first-order valence-electron chi connectivity index (χ1n) is 4.18. The third-order valence-electron chi connectivity index (χ3n) is 1.93. The Balaban J connectivity index is 2.36. The van der Waals surface area contributed by atoms with Crippen LogP contribution in [0.5, 0.6) is 0 Å². The van der Waals surface area contributed by atoms with Crippen molar-refractivity contribution in [3.05, 3.63) is 39.6 Å². The van der Waals surface area contributed by atoms with E-state index in [-0.39, 0.29) is 10.9 Å². The highest BCUT2D eigenvalue weighted by Gasteiger charge is 2.23. The van der Waals surface area contributed by atoms with Crippen LogP contribution in [0.25, 0.3) is 0 Å². The van der Waals surface area contributed by atoms with Crippen molar-refractivity contribution in [1.82, 2.24) is 10.3 Å². The molecule has 0 radical (unpaired) electrons. The fourth-order valence-corrected chi connectivity index (χ4v) is 2.43. The monoisotopic (exact) mass is 292 g/mol. The molecule has 1 aliphatic rings. The molecule has 0 aromatic carbocycles. The van der Waals surface area contributed by atoms with Crippen LogP contribution in [0.2, 0.25) is 0 Å². The number of rotatable bonds is 2. The van der Waals surface area contributed by atoms with E-state index in [4.69, 9.17) is 0 Å². The van der Waals surface area contributed by atoms with E-state index in [1.165, 1.54) is 24.0 Å². The van der Waals surface area contributed by atoms with E-state index in [0.717, 1.165) is 0 Å². The molecule has 80 valence electrons. The van der Waals surface area contributed by atoms with Gasteiger partial charge in [0.2, 0.25) is 0 Å². The van der Waals surface area contributed by atoms with Gasteiger partial charge < -0.3 is 5.32 Å². The first kappa shape index (κ1) is 10.9. The number of nitrogens with zero attached hydrogens (tertiary/aromatic N) is 1. The van der Waals surface area contributed by atoms with Crippen LogP contribution in [0.4, 0.5) is 8.78 Å². The first-order valence-corrected chi connectivity index (χ1v) is 5.92. The van der Waals surface area contributed by atoms with E-state index in [9.17, 15) is 8.78 Å². The van der Waals surface area contributed by atoms with E-state index in [2.05, 4.69) is 26.2 Å². The number of alkyl halides is 2. The van der Waals surface area contributed by atoms with Gasteiger partial charge in [-0.25, -0.2) is 8.78 Å². The zero-order valence-electron chi connectivity index (χ0n) is 7.45. The minimum atomic E-state index is -2.51. The molecule has 2 nitrogen and oxygen atoms in total. The summed E-state index contributed by atoms with van der Waals surface area (Å²) in [7, 11) is 0. The Morgan fingerprint density at radius 3 is 2.93 bits per heavy atom. The predicted molar refractivity (Wildman–Crippen MR) is 59.5 cm³/mol. The van der Waals surface area contributed by atoms with Gasteiger partial charge in [-0.05, 0) is 27.4 Å². The molecular weight excluding hydrogens is 286 g/mol. The molecule has 1 aromatic heterocycles. The number of hydrogen-bond donors (Lipinski definition) is 1. The molecular formula is C9H7BrF2N2S. The molecule has 0 spiro atoms. The van der Waals surface area contributed by atoms with Gasteiger partial charge >= 0.3 is 0 Å². The Morgan fingerprint density at radius 1 is 1.53 bits per heavy atom. The van der Waals surface area contributed by atoms with E-state index >= 15 is 0 Å². The Hall–Kier alpha value is -0.620. The standard InChI is InChI=1S/C9H7BrF2N2S/c10-5-3-6(8(11)12)7(14-4-5)9-13-1-2-15-9/h1-4,8-9,13H. The lowest BCUT2D eigenvalue weighted by atomic mass is 10.2. The minimum absolute atomic E-state index is 0.0296. The van der Waals surface area contributed by atoms with E-state index in [1.807, 2.05) is 5.41 Å². The van der Waals surface area contributed by atoms with Crippen LogP contribution in [0, 0.1) is 0 Å². The summed E-state index contributed by atoms with van der Waals surface area (Å²) >= 11 is 4.56. The number of aromatic nitrogens is 1. The van der Waals surface area contributed by atoms with Crippen molar-refractivity contribution in [1.29, 1.82) is 0 Å². The largest absolute Gasteiger partial charge is 0.374 e. The van der Waals surface area contributed by atoms with Crippen LogP contribution in [0.15, 0.2) is 28.3 Å². The maximum absolute atomic E-state index is 12.7. The fourth-order valence-electron chi connectivity index (χ4n) is 1.29. The minimum Gasteiger partial charge on any atom is -0.374 e. The highest BCUT2D eigenvalue weighted by molar-refractivity contribution is 9.10. The van der Waals surface area contributed by atoms with Crippen molar-refractivity contribution < 1.29 is 8.78 Å². The Labute approximate surface area is 98.3 Å². The lowest BCUT2D eigenvalue weighted by molar-refractivity contribution is 0.149. The van der Waals surface area contributed by atoms with Gasteiger partial charge in [0.15, 0.2) is 0 Å². The maximum atomic E-state index is 12.7. The van der Waals surface area contributed by atoms with Crippen LogP contribution >= 0.6 is 27.7 Å². The Bertz CT molecular complexity index is 390. The Morgan fingerprint density at radius 2 is 2.33 bits per heavy atom. The molecule has 0 aliphatic carbocycles. The third kappa shape index (κ3) is 2.31. The molecule has 6 heteroatoms. The lowest BCUT2D eigenvalue weighted by Gasteiger charge is -2.14. The topological polar surface area (TPSA) is 24.9 Å². The molecule has 0 amide bonds. The van der Waals surface area contributed by atoms with Crippen molar-refractivity contribution in [3.8, 4) is 0 Å². The summed E-state index contributed by atoms with van der Waals surface area (Å²) in [5.41, 5.74) is 0.362. The molecule has 2 heterocycles. The average Bonchev–Trinajstić information content (AvgIpc) is 2.70. The van der Waals surface area contributed by atoms with Crippen molar-refractivity contribution >= 4 is 27.7 Å². The number of halogens is 3. The van der Waals surface area contributed by atoms with Crippen molar-refractivity contribution in [2.45, 2.75) is 11.8 Å². The zero-order chi connectivity index (χ0) is 10.8.